The first-order chi connectivity index (χ1) is 12.0. The van der Waals surface area contributed by atoms with Crippen molar-refractivity contribution in [1.29, 1.82) is 0 Å². The van der Waals surface area contributed by atoms with E-state index in [4.69, 9.17) is 4.74 Å². The summed E-state index contributed by atoms with van der Waals surface area (Å²) in [5.41, 5.74) is 0.993. The molecule has 1 N–H and O–H groups in total. The van der Waals surface area contributed by atoms with E-state index in [9.17, 15) is 21.6 Å². The first kappa shape index (κ1) is 20.8. The van der Waals surface area contributed by atoms with Gasteiger partial charge in [-0.25, -0.2) is 16.8 Å². The van der Waals surface area contributed by atoms with E-state index in [1.165, 1.54) is 23.5 Å². The molecular weight excluding hydrogens is 382 g/mol. The molecule has 0 saturated carbocycles. The lowest BCUT2D eigenvalue weighted by molar-refractivity contribution is -0.116. The van der Waals surface area contributed by atoms with E-state index in [1.54, 1.807) is 13.0 Å². The smallest absolute Gasteiger partial charge is 0.243 e. The summed E-state index contributed by atoms with van der Waals surface area (Å²) in [5, 5.41) is 2.58. The van der Waals surface area contributed by atoms with Gasteiger partial charge < -0.3 is 10.1 Å². The summed E-state index contributed by atoms with van der Waals surface area (Å²) in [6.45, 7) is 2.59. The quantitative estimate of drug-likeness (QED) is 0.704. The summed E-state index contributed by atoms with van der Waals surface area (Å²) >= 11 is 0. The number of ether oxygens (including phenoxy) is 1. The second-order valence-electron chi connectivity index (χ2n) is 6.06. The fraction of sp³-hybridized carbons (Fsp3) is 0.533. The highest BCUT2D eigenvalue weighted by molar-refractivity contribution is 7.89. The highest BCUT2D eigenvalue weighted by Crippen LogP contribution is 2.23. The van der Waals surface area contributed by atoms with Crippen LogP contribution in [0.15, 0.2) is 23.1 Å². The molecule has 0 atom stereocenters. The van der Waals surface area contributed by atoms with Crippen LogP contribution in [-0.4, -0.2) is 77.5 Å². The molecule has 1 aromatic rings. The fourth-order valence-corrected chi connectivity index (χ4v) is 4.13. The minimum Gasteiger partial charge on any atom is -0.379 e. The number of hydrogen-bond donors (Lipinski definition) is 1. The monoisotopic (exact) mass is 405 g/mol. The number of carbonyl (C=O) groups is 1. The minimum atomic E-state index is -3.69. The largest absolute Gasteiger partial charge is 0.379 e. The molecule has 1 saturated heterocycles. The van der Waals surface area contributed by atoms with Crippen LogP contribution in [0.4, 0.5) is 5.69 Å². The number of nitrogens with zero attached hydrogens (tertiary/aromatic N) is 2. The van der Waals surface area contributed by atoms with Gasteiger partial charge in [-0.05, 0) is 24.6 Å². The molecule has 146 valence electrons. The van der Waals surface area contributed by atoms with Crippen molar-refractivity contribution >= 4 is 31.6 Å². The number of aryl methyl sites for hydroxylation is 1. The van der Waals surface area contributed by atoms with Crippen molar-refractivity contribution in [3.63, 3.8) is 0 Å². The van der Waals surface area contributed by atoms with Gasteiger partial charge in [0.1, 0.15) is 0 Å². The van der Waals surface area contributed by atoms with E-state index < -0.39 is 26.0 Å². The fourth-order valence-electron chi connectivity index (χ4n) is 2.34. The molecule has 0 aromatic heterocycles. The maximum Gasteiger partial charge on any atom is 0.243 e. The topological polar surface area (TPSA) is 113 Å². The third kappa shape index (κ3) is 5.01. The number of amides is 1. The summed E-state index contributed by atoms with van der Waals surface area (Å²) in [6, 6.07) is 4.47. The van der Waals surface area contributed by atoms with E-state index in [2.05, 4.69) is 5.32 Å². The summed E-state index contributed by atoms with van der Waals surface area (Å²) in [5.74, 6) is -0.554. The summed E-state index contributed by atoms with van der Waals surface area (Å²) in [6.07, 6.45) is 1.00. The molecule has 1 amide bonds. The predicted octanol–water partition coefficient (Wildman–Crippen LogP) is -0.154. The normalized spacial score (nSPS) is 16.6. The van der Waals surface area contributed by atoms with Gasteiger partial charge in [-0.15, -0.1) is 0 Å². The van der Waals surface area contributed by atoms with E-state index >= 15 is 0 Å². The first-order valence-electron chi connectivity index (χ1n) is 7.91. The van der Waals surface area contributed by atoms with Crippen molar-refractivity contribution in [2.45, 2.75) is 11.8 Å². The van der Waals surface area contributed by atoms with E-state index in [1.807, 2.05) is 0 Å². The van der Waals surface area contributed by atoms with Crippen LogP contribution in [0.1, 0.15) is 5.56 Å². The van der Waals surface area contributed by atoms with Gasteiger partial charge in [0.15, 0.2) is 0 Å². The maximum absolute atomic E-state index is 12.7. The zero-order valence-electron chi connectivity index (χ0n) is 14.9. The molecule has 0 spiro atoms. The van der Waals surface area contributed by atoms with Gasteiger partial charge >= 0.3 is 0 Å². The highest BCUT2D eigenvalue weighted by Gasteiger charge is 2.27. The Morgan fingerprint density at radius 1 is 1.23 bits per heavy atom. The van der Waals surface area contributed by atoms with Crippen molar-refractivity contribution in [3.05, 3.63) is 23.8 Å². The second kappa shape index (κ2) is 8.01. The Labute approximate surface area is 154 Å². The Morgan fingerprint density at radius 3 is 2.42 bits per heavy atom. The average Bonchev–Trinajstić information content (AvgIpc) is 2.56. The Kier molecular flexibility index (Phi) is 6.40. The number of anilines is 1. The van der Waals surface area contributed by atoms with E-state index in [0.29, 0.717) is 24.5 Å². The van der Waals surface area contributed by atoms with Gasteiger partial charge in [0.05, 0.1) is 30.9 Å². The van der Waals surface area contributed by atoms with Crippen LogP contribution in [0.3, 0.4) is 0 Å². The number of rotatable bonds is 6. The number of benzene rings is 1. The van der Waals surface area contributed by atoms with Crippen LogP contribution in [0.5, 0.6) is 0 Å². The van der Waals surface area contributed by atoms with Crippen LogP contribution in [-0.2, 0) is 29.6 Å². The predicted molar refractivity (Wildman–Crippen MR) is 96.9 cm³/mol. The van der Waals surface area contributed by atoms with Crippen molar-refractivity contribution in [1.82, 2.24) is 8.61 Å². The number of morpholine rings is 1. The van der Waals surface area contributed by atoms with E-state index in [0.717, 1.165) is 10.6 Å². The molecular formula is C15H23N3O6S2. The number of hydrogen-bond acceptors (Lipinski definition) is 6. The zero-order chi connectivity index (χ0) is 19.5. The molecule has 1 aliphatic rings. The Bertz CT molecular complexity index is 877. The first-order valence-corrected chi connectivity index (χ1v) is 11.2. The van der Waals surface area contributed by atoms with Crippen molar-refractivity contribution < 1.29 is 26.4 Å². The molecule has 0 radical (unpaired) electrons. The average molecular weight is 405 g/mol. The molecule has 1 aromatic carbocycles. The van der Waals surface area contributed by atoms with Crippen LogP contribution in [0.25, 0.3) is 0 Å². The van der Waals surface area contributed by atoms with Gasteiger partial charge in [0.25, 0.3) is 0 Å². The van der Waals surface area contributed by atoms with Gasteiger partial charge in [-0.2, -0.15) is 8.61 Å². The molecule has 26 heavy (non-hydrogen) atoms. The summed E-state index contributed by atoms with van der Waals surface area (Å²) < 4.78 is 55.6. The van der Waals surface area contributed by atoms with Gasteiger partial charge in [0, 0.05) is 25.8 Å². The standard InChI is InChI=1S/C15H23N3O6S2/c1-12-4-5-13(26(22,23)18-6-8-24-9-7-18)10-14(12)16-15(19)11-17(2)25(3,20)21/h4-5,10H,6-9,11H2,1-3H3,(H,16,19). The van der Waals surface area contributed by atoms with Crippen LogP contribution < -0.4 is 5.32 Å². The van der Waals surface area contributed by atoms with Crippen molar-refractivity contribution in [2.24, 2.45) is 0 Å². The number of sulfonamides is 2. The lowest BCUT2D eigenvalue weighted by atomic mass is 10.2. The molecule has 1 heterocycles. The molecule has 11 heteroatoms. The second-order valence-corrected chi connectivity index (χ2v) is 10.1. The third-order valence-corrected chi connectivity index (χ3v) is 7.18. The van der Waals surface area contributed by atoms with Crippen molar-refractivity contribution in [2.75, 3.05) is 51.5 Å². The molecule has 1 aliphatic heterocycles. The third-order valence-electron chi connectivity index (χ3n) is 4.02. The summed E-state index contributed by atoms with van der Waals surface area (Å²) in [7, 11) is -5.88. The lowest BCUT2D eigenvalue weighted by Crippen LogP contribution is -2.40. The lowest BCUT2D eigenvalue weighted by Gasteiger charge is -2.26. The van der Waals surface area contributed by atoms with Crippen LogP contribution in [0.2, 0.25) is 0 Å². The van der Waals surface area contributed by atoms with Crippen LogP contribution in [0, 0.1) is 6.92 Å². The number of carbonyl (C=O) groups excluding carboxylic acids is 1. The van der Waals surface area contributed by atoms with Gasteiger partial charge in [-0.1, -0.05) is 6.07 Å². The molecule has 1 fully saturated rings. The maximum atomic E-state index is 12.7. The SMILES string of the molecule is Cc1ccc(S(=O)(=O)N2CCOCC2)cc1NC(=O)CN(C)S(C)(=O)=O. The Morgan fingerprint density at radius 2 is 1.85 bits per heavy atom. The van der Waals surface area contributed by atoms with Crippen LogP contribution >= 0.6 is 0 Å². The van der Waals surface area contributed by atoms with Crippen molar-refractivity contribution in [3.8, 4) is 0 Å². The number of likely N-dealkylation sites (N-methyl/N-ethyl adjacent to an activating group) is 1. The summed E-state index contributed by atoms with van der Waals surface area (Å²) in [4.78, 5) is 12.2. The molecule has 2 rings (SSSR count). The molecule has 0 bridgehead atoms. The zero-order valence-corrected chi connectivity index (χ0v) is 16.6. The van der Waals surface area contributed by atoms with E-state index in [-0.39, 0.29) is 24.5 Å². The highest BCUT2D eigenvalue weighted by atomic mass is 32.2. The molecule has 0 unspecified atom stereocenters. The Hall–Kier alpha value is -1.53. The number of nitrogens with one attached hydrogen (secondary N) is 1. The van der Waals surface area contributed by atoms with Gasteiger partial charge in [0.2, 0.25) is 26.0 Å². The molecule has 0 aliphatic carbocycles. The minimum absolute atomic E-state index is 0.0665. The molecule has 9 nitrogen and oxygen atoms in total. The Balaban J connectivity index is 2.20. The van der Waals surface area contributed by atoms with Gasteiger partial charge in [-0.3, -0.25) is 4.79 Å².